The Hall–Kier alpha value is -1.84. The number of ether oxygens (including phenoxy) is 1. The van der Waals surface area contributed by atoms with E-state index in [2.05, 4.69) is 6.92 Å². The van der Waals surface area contributed by atoms with Crippen molar-refractivity contribution in [3.63, 3.8) is 0 Å². The van der Waals surface area contributed by atoms with E-state index in [1.165, 1.54) is 12.8 Å². The van der Waals surface area contributed by atoms with E-state index >= 15 is 0 Å². The van der Waals surface area contributed by atoms with Crippen LogP contribution in [0.5, 0.6) is 0 Å². The van der Waals surface area contributed by atoms with Gasteiger partial charge in [-0.3, -0.25) is 9.59 Å². The highest BCUT2D eigenvalue weighted by Gasteiger charge is 2.28. The summed E-state index contributed by atoms with van der Waals surface area (Å²) >= 11 is 0. The zero-order valence-electron chi connectivity index (χ0n) is 14.0. The largest absolute Gasteiger partial charge is 0.465 e. The lowest BCUT2D eigenvalue weighted by atomic mass is 9.96. The highest BCUT2D eigenvalue weighted by atomic mass is 16.5. The molecular formula is C19H27NO3. The number of nitrogens with zero attached hydrogens (tertiary/aromatic N) is 1. The van der Waals surface area contributed by atoms with Gasteiger partial charge in [0.05, 0.1) is 12.5 Å². The molecule has 1 aliphatic heterocycles. The van der Waals surface area contributed by atoms with Crippen LogP contribution in [-0.4, -0.2) is 36.5 Å². The van der Waals surface area contributed by atoms with Gasteiger partial charge in [-0.15, -0.1) is 0 Å². The summed E-state index contributed by atoms with van der Waals surface area (Å²) in [6.07, 6.45) is 5.84. The summed E-state index contributed by atoms with van der Waals surface area (Å²) in [6.45, 7) is 3.95. The van der Waals surface area contributed by atoms with Crippen LogP contribution in [0.2, 0.25) is 0 Å². The molecule has 1 saturated heterocycles. The molecule has 0 spiro atoms. The molecule has 1 aromatic carbocycles. The number of hydrogen-bond donors (Lipinski definition) is 0. The van der Waals surface area contributed by atoms with Crippen molar-refractivity contribution in [2.75, 3.05) is 19.7 Å². The second-order valence-corrected chi connectivity index (χ2v) is 6.16. The van der Waals surface area contributed by atoms with Crippen LogP contribution < -0.4 is 0 Å². The minimum Gasteiger partial charge on any atom is -0.465 e. The van der Waals surface area contributed by atoms with Crippen molar-refractivity contribution in [3.05, 3.63) is 35.9 Å². The van der Waals surface area contributed by atoms with Gasteiger partial charge in [-0.25, -0.2) is 0 Å². The van der Waals surface area contributed by atoms with E-state index in [4.69, 9.17) is 4.74 Å². The number of rotatable bonds is 7. The van der Waals surface area contributed by atoms with Crippen molar-refractivity contribution in [2.24, 2.45) is 5.92 Å². The Morgan fingerprint density at radius 2 is 1.78 bits per heavy atom. The third kappa shape index (κ3) is 5.38. The van der Waals surface area contributed by atoms with E-state index in [-0.39, 0.29) is 17.8 Å². The Balaban J connectivity index is 1.71. The van der Waals surface area contributed by atoms with Gasteiger partial charge in [0.25, 0.3) is 5.91 Å². The summed E-state index contributed by atoms with van der Waals surface area (Å²) in [5.41, 5.74) is 0.712. The lowest BCUT2D eigenvalue weighted by Crippen LogP contribution is -2.40. The number of piperidine rings is 1. The molecule has 0 unspecified atom stereocenters. The molecule has 23 heavy (non-hydrogen) atoms. The topological polar surface area (TPSA) is 46.6 Å². The fourth-order valence-electron chi connectivity index (χ4n) is 2.90. The molecule has 126 valence electrons. The fourth-order valence-corrected chi connectivity index (χ4v) is 2.90. The molecule has 0 aliphatic carbocycles. The Bertz CT molecular complexity index is 493. The highest BCUT2D eigenvalue weighted by molar-refractivity contribution is 5.94. The molecule has 0 saturated carbocycles. The fraction of sp³-hybridized carbons (Fsp3) is 0.579. The van der Waals surface area contributed by atoms with Crippen molar-refractivity contribution in [2.45, 2.75) is 45.4 Å². The average molecular weight is 317 g/mol. The van der Waals surface area contributed by atoms with Gasteiger partial charge in [-0.1, -0.05) is 44.4 Å². The van der Waals surface area contributed by atoms with E-state index in [1.807, 2.05) is 35.2 Å². The van der Waals surface area contributed by atoms with Gasteiger partial charge in [-0.05, 0) is 31.4 Å². The van der Waals surface area contributed by atoms with Gasteiger partial charge in [0.2, 0.25) is 0 Å². The van der Waals surface area contributed by atoms with Crippen LogP contribution in [0, 0.1) is 5.92 Å². The molecule has 1 fully saturated rings. The van der Waals surface area contributed by atoms with E-state index in [9.17, 15) is 9.59 Å². The molecule has 1 heterocycles. The summed E-state index contributed by atoms with van der Waals surface area (Å²) in [6, 6.07) is 9.31. The quantitative estimate of drug-likeness (QED) is 0.569. The second kappa shape index (κ2) is 9.33. The first kappa shape index (κ1) is 17.5. The predicted octanol–water partition coefficient (Wildman–Crippen LogP) is 3.66. The molecule has 1 aromatic rings. The van der Waals surface area contributed by atoms with Gasteiger partial charge in [0.1, 0.15) is 0 Å². The van der Waals surface area contributed by atoms with Crippen LogP contribution in [0.25, 0.3) is 0 Å². The maximum absolute atomic E-state index is 12.4. The summed E-state index contributed by atoms with van der Waals surface area (Å²) < 4.78 is 5.37. The third-order valence-electron chi connectivity index (χ3n) is 4.38. The summed E-state index contributed by atoms with van der Waals surface area (Å²) in [7, 11) is 0. The van der Waals surface area contributed by atoms with Crippen molar-refractivity contribution in [1.29, 1.82) is 0 Å². The molecule has 0 aromatic heterocycles. The van der Waals surface area contributed by atoms with E-state index in [0.717, 1.165) is 12.8 Å². The first-order valence-electron chi connectivity index (χ1n) is 8.73. The Kier molecular flexibility index (Phi) is 7.11. The molecular weight excluding hydrogens is 290 g/mol. The van der Waals surface area contributed by atoms with Crippen molar-refractivity contribution < 1.29 is 14.3 Å². The Morgan fingerprint density at radius 3 is 2.43 bits per heavy atom. The molecule has 4 heteroatoms. The lowest BCUT2D eigenvalue weighted by molar-refractivity contribution is -0.150. The number of esters is 1. The zero-order chi connectivity index (χ0) is 16.5. The zero-order valence-corrected chi connectivity index (χ0v) is 14.0. The Labute approximate surface area is 138 Å². The van der Waals surface area contributed by atoms with Gasteiger partial charge >= 0.3 is 5.97 Å². The number of amides is 1. The number of carbonyl (C=O) groups excluding carboxylic acids is 2. The molecule has 4 nitrogen and oxygen atoms in total. The summed E-state index contributed by atoms with van der Waals surface area (Å²) in [4.78, 5) is 26.2. The molecule has 0 N–H and O–H groups in total. The maximum Gasteiger partial charge on any atom is 0.309 e. The average Bonchev–Trinajstić information content (AvgIpc) is 2.61. The van der Waals surface area contributed by atoms with Gasteiger partial charge in [-0.2, -0.15) is 0 Å². The summed E-state index contributed by atoms with van der Waals surface area (Å²) in [5.74, 6) is -0.0914. The van der Waals surface area contributed by atoms with Crippen molar-refractivity contribution in [1.82, 2.24) is 4.90 Å². The van der Waals surface area contributed by atoms with Crippen LogP contribution in [0.1, 0.15) is 55.8 Å². The SMILES string of the molecule is CCCCCCOC(=O)C1CCN(C(=O)c2ccccc2)CC1. The van der Waals surface area contributed by atoms with E-state index in [1.54, 1.807) is 0 Å². The maximum atomic E-state index is 12.4. The van der Waals surface area contributed by atoms with Gasteiger partial charge in [0.15, 0.2) is 0 Å². The minimum absolute atomic E-state index is 0.0528. The lowest BCUT2D eigenvalue weighted by Gasteiger charge is -2.31. The van der Waals surface area contributed by atoms with Gasteiger partial charge in [0, 0.05) is 18.7 Å². The van der Waals surface area contributed by atoms with Crippen LogP contribution in [0.3, 0.4) is 0 Å². The van der Waals surface area contributed by atoms with Crippen LogP contribution in [0.4, 0.5) is 0 Å². The molecule has 2 rings (SSSR count). The first-order chi connectivity index (χ1) is 11.2. The molecule has 1 aliphatic rings. The number of hydrogen-bond acceptors (Lipinski definition) is 3. The molecule has 1 amide bonds. The van der Waals surface area contributed by atoms with Crippen molar-refractivity contribution in [3.8, 4) is 0 Å². The minimum atomic E-state index is -0.0895. The summed E-state index contributed by atoms with van der Waals surface area (Å²) in [5, 5.41) is 0. The van der Waals surface area contributed by atoms with Crippen LogP contribution >= 0.6 is 0 Å². The van der Waals surface area contributed by atoms with Gasteiger partial charge < -0.3 is 9.64 Å². The van der Waals surface area contributed by atoms with E-state index in [0.29, 0.717) is 38.1 Å². The number of likely N-dealkylation sites (tertiary alicyclic amines) is 1. The standard InChI is InChI=1S/C19H27NO3/c1-2-3-4-8-15-23-19(22)17-11-13-20(14-12-17)18(21)16-9-6-5-7-10-16/h5-7,9-10,17H,2-4,8,11-15H2,1H3. The smallest absolute Gasteiger partial charge is 0.309 e. The number of carbonyl (C=O) groups is 2. The number of benzene rings is 1. The van der Waals surface area contributed by atoms with Crippen LogP contribution in [0.15, 0.2) is 30.3 Å². The molecule has 0 atom stereocenters. The number of unbranched alkanes of at least 4 members (excludes halogenated alkanes) is 3. The predicted molar refractivity (Wildman–Crippen MR) is 90.2 cm³/mol. The van der Waals surface area contributed by atoms with E-state index < -0.39 is 0 Å². The monoisotopic (exact) mass is 317 g/mol. The van der Waals surface area contributed by atoms with Crippen molar-refractivity contribution >= 4 is 11.9 Å². The molecule has 0 bridgehead atoms. The second-order valence-electron chi connectivity index (χ2n) is 6.16. The van der Waals surface area contributed by atoms with Crippen LogP contribution in [-0.2, 0) is 9.53 Å². The first-order valence-corrected chi connectivity index (χ1v) is 8.73. The molecule has 0 radical (unpaired) electrons. The normalized spacial score (nSPS) is 15.4. The highest BCUT2D eigenvalue weighted by Crippen LogP contribution is 2.20. The Morgan fingerprint density at radius 1 is 1.09 bits per heavy atom. The third-order valence-corrected chi connectivity index (χ3v) is 4.38.